The van der Waals surface area contributed by atoms with Gasteiger partial charge in [-0.1, -0.05) is 11.6 Å². The number of rotatable bonds is 6. The van der Waals surface area contributed by atoms with Gasteiger partial charge in [-0.05, 0) is 30.7 Å². The van der Waals surface area contributed by atoms with Crippen LogP contribution in [0.1, 0.15) is 6.42 Å². The van der Waals surface area contributed by atoms with Crippen LogP contribution < -0.4 is 10.0 Å². The van der Waals surface area contributed by atoms with Gasteiger partial charge in [-0.2, -0.15) is 22.8 Å². The lowest BCUT2D eigenvalue weighted by Gasteiger charge is -2.19. The molecule has 4 aromatic rings. The lowest BCUT2D eigenvalue weighted by molar-refractivity contribution is 0.0184. The number of aliphatic hydroxyl groups excluding tert-OH is 2. The minimum atomic E-state index is -4.39. The van der Waals surface area contributed by atoms with E-state index in [0.29, 0.717) is 22.2 Å². The average molecular weight is 510 g/mol. The molecule has 5 N–H and O–H groups in total. The summed E-state index contributed by atoms with van der Waals surface area (Å²) < 4.78 is 35.5. The zero-order valence-corrected chi connectivity index (χ0v) is 19.3. The summed E-state index contributed by atoms with van der Waals surface area (Å²) >= 11 is 7.77. The molecule has 33 heavy (non-hydrogen) atoms. The molecular formula is C20H20ClN5O5S2. The van der Waals surface area contributed by atoms with Crippen molar-refractivity contribution in [1.82, 2.24) is 19.3 Å². The Labute approximate surface area is 197 Å². The first-order chi connectivity index (χ1) is 15.7. The van der Waals surface area contributed by atoms with Crippen LogP contribution in [0, 0.1) is 5.92 Å². The lowest BCUT2D eigenvalue weighted by atomic mass is 10.1. The minimum absolute atomic E-state index is 0.194. The first-order valence-corrected chi connectivity index (χ1v) is 12.8. The molecule has 1 aliphatic carbocycles. The molecule has 3 heterocycles. The van der Waals surface area contributed by atoms with Crippen molar-refractivity contribution in [2.45, 2.75) is 24.7 Å². The van der Waals surface area contributed by atoms with Gasteiger partial charge in [0.1, 0.15) is 11.9 Å². The van der Waals surface area contributed by atoms with Crippen molar-refractivity contribution < 1.29 is 23.2 Å². The molecule has 1 aromatic carbocycles. The van der Waals surface area contributed by atoms with Crippen LogP contribution in [0.25, 0.3) is 27.0 Å². The van der Waals surface area contributed by atoms with Gasteiger partial charge in [0, 0.05) is 50.8 Å². The summed E-state index contributed by atoms with van der Waals surface area (Å²) in [5.41, 5.74) is 2.24. The van der Waals surface area contributed by atoms with Gasteiger partial charge in [-0.15, -0.1) is 11.3 Å². The largest absolute Gasteiger partial charge is 0.390 e. The number of benzene rings is 1. The molecule has 174 valence electrons. The third kappa shape index (κ3) is 4.43. The van der Waals surface area contributed by atoms with Crippen molar-refractivity contribution in [1.29, 1.82) is 0 Å². The molecule has 0 radical (unpaired) electrons. The Balaban J connectivity index is 1.43. The van der Waals surface area contributed by atoms with E-state index in [2.05, 4.69) is 10.3 Å². The molecule has 0 bridgehead atoms. The number of anilines is 1. The number of nitrogens with zero attached hydrogens (tertiary/aromatic N) is 3. The predicted octanol–water partition coefficient (Wildman–Crippen LogP) is 2.18. The van der Waals surface area contributed by atoms with Crippen molar-refractivity contribution in [3.8, 4) is 11.3 Å². The molecule has 0 unspecified atom stereocenters. The van der Waals surface area contributed by atoms with E-state index >= 15 is 0 Å². The fraction of sp³-hybridized carbons (Fsp3) is 0.300. The summed E-state index contributed by atoms with van der Waals surface area (Å²) in [7, 11) is -4.39. The summed E-state index contributed by atoms with van der Waals surface area (Å²) in [5.74, 6) is -0.0182. The smallest absolute Gasteiger partial charge is 0.333 e. The van der Waals surface area contributed by atoms with Crippen LogP contribution in [-0.4, -0.2) is 62.6 Å². The molecule has 0 saturated heterocycles. The Morgan fingerprint density at radius 2 is 2.03 bits per heavy atom. The summed E-state index contributed by atoms with van der Waals surface area (Å²) in [6.45, 7) is -0.194. The Kier molecular flexibility index (Phi) is 5.77. The number of halogens is 1. The van der Waals surface area contributed by atoms with Gasteiger partial charge in [-0.3, -0.25) is 4.55 Å². The van der Waals surface area contributed by atoms with Gasteiger partial charge in [-0.25, -0.2) is 4.98 Å². The molecule has 0 spiro atoms. The van der Waals surface area contributed by atoms with E-state index in [4.69, 9.17) is 21.3 Å². The van der Waals surface area contributed by atoms with Crippen LogP contribution in [0.15, 0.2) is 41.9 Å². The van der Waals surface area contributed by atoms with Crippen LogP contribution in [0.5, 0.6) is 0 Å². The maximum absolute atomic E-state index is 11.0. The lowest BCUT2D eigenvalue weighted by Crippen LogP contribution is -2.37. The summed E-state index contributed by atoms with van der Waals surface area (Å²) in [4.78, 5) is 4.37. The first kappa shape index (κ1) is 22.5. The summed E-state index contributed by atoms with van der Waals surface area (Å²) in [6.07, 6.45) is -0.416. The Bertz CT molecular complexity index is 1440. The molecule has 3 aromatic heterocycles. The van der Waals surface area contributed by atoms with E-state index in [1.807, 2.05) is 34.4 Å². The predicted molar refractivity (Wildman–Crippen MR) is 126 cm³/mol. The number of aliphatic hydroxyl groups is 2. The van der Waals surface area contributed by atoms with E-state index in [1.54, 1.807) is 28.1 Å². The van der Waals surface area contributed by atoms with Crippen molar-refractivity contribution in [2.75, 3.05) is 11.9 Å². The van der Waals surface area contributed by atoms with Crippen molar-refractivity contribution in [2.24, 2.45) is 5.92 Å². The van der Waals surface area contributed by atoms with E-state index in [9.17, 15) is 18.6 Å². The average Bonchev–Trinajstić information content (AvgIpc) is 3.44. The minimum Gasteiger partial charge on any atom is -0.390 e. The number of fused-ring (bicyclic) bond motifs is 2. The standard InChI is InChI=1S/C20H20ClN5O5S2/c21-11-1-2-16-12(6-11)13(9-32-16)14-7-18-22-4-3-17(26(18)25-14)24-15-5-10(19(27)20(15)28)8-23-33(29,30)31/h1-4,6-7,9-10,15,19-20,23-24,27-28H,5,8H2,(H,29,30,31)/t10-,15-,19-,20+/m1/s1. The normalized spacial score (nSPS) is 23.5. The maximum atomic E-state index is 11.0. The molecule has 1 aliphatic rings. The van der Waals surface area contributed by atoms with Crippen LogP contribution >= 0.6 is 22.9 Å². The number of hydrogen-bond donors (Lipinski definition) is 5. The SMILES string of the molecule is O=S(=O)(O)NC[C@H]1C[C@@H](Nc2ccnc3cc(-c4csc5ccc(Cl)cc45)nn23)[C@H](O)[C@@H]1O. The highest BCUT2D eigenvalue weighted by Gasteiger charge is 2.41. The fourth-order valence-electron chi connectivity index (χ4n) is 4.21. The van der Waals surface area contributed by atoms with Crippen molar-refractivity contribution in [3.05, 3.63) is 46.9 Å². The zero-order chi connectivity index (χ0) is 23.3. The molecular weight excluding hydrogens is 490 g/mol. The summed E-state index contributed by atoms with van der Waals surface area (Å²) in [5, 5.41) is 32.3. The molecule has 13 heteroatoms. The Morgan fingerprint density at radius 3 is 2.82 bits per heavy atom. The van der Waals surface area contributed by atoms with Crippen molar-refractivity contribution in [3.63, 3.8) is 0 Å². The van der Waals surface area contributed by atoms with Crippen LogP contribution in [0.3, 0.4) is 0 Å². The second-order valence-electron chi connectivity index (χ2n) is 7.97. The highest BCUT2D eigenvalue weighted by atomic mass is 35.5. The van der Waals surface area contributed by atoms with Crippen LogP contribution in [0.4, 0.5) is 5.82 Å². The van der Waals surface area contributed by atoms with E-state index in [-0.39, 0.29) is 13.0 Å². The Morgan fingerprint density at radius 1 is 1.21 bits per heavy atom. The fourth-order valence-corrected chi connectivity index (χ4v) is 5.74. The summed E-state index contributed by atoms with van der Waals surface area (Å²) in [6, 6.07) is 8.70. The topological polar surface area (TPSA) is 149 Å². The Hall–Kier alpha value is -2.32. The number of hydrogen-bond acceptors (Lipinski definition) is 8. The van der Waals surface area contributed by atoms with E-state index < -0.39 is 34.5 Å². The molecule has 5 rings (SSSR count). The quantitative estimate of drug-likeness (QED) is 0.248. The highest BCUT2D eigenvalue weighted by molar-refractivity contribution is 7.83. The van der Waals surface area contributed by atoms with E-state index in [0.717, 1.165) is 15.6 Å². The molecule has 1 fully saturated rings. The third-order valence-corrected chi connectivity index (χ3v) is 7.56. The number of aromatic nitrogens is 3. The molecule has 4 atom stereocenters. The van der Waals surface area contributed by atoms with Crippen LogP contribution in [-0.2, 0) is 10.3 Å². The highest BCUT2D eigenvalue weighted by Crippen LogP contribution is 2.36. The van der Waals surface area contributed by atoms with Gasteiger partial charge in [0.15, 0.2) is 5.65 Å². The number of thiophene rings is 1. The number of nitrogens with one attached hydrogen (secondary N) is 2. The molecule has 10 nitrogen and oxygen atoms in total. The second-order valence-corrected chi connectivity index (χ2v) is 10.6. The van der Waals surface area contributed by atoms with Crippen molar-refractivity contribution >= 4 is 54.8 Å². The van der Waals surface area contributed by atoms with Gasteiger partial charge < -0.3 is 15.5 Å². The van der Waals surface area contributed by atoms with Gasteiger partial charge in [0.25, 0.3) is 0 Å². The van der Waals surface area contributed by atoms with Gasteiger partial charge in [0.2, 0.25) is 0 Å². The molecule has 0 amide bonds. The first-order valence-electron chi connectivity index (χ1n) is 10.1. The maximum Gasteiger partial charge on any atom is 0.333 e. The monoisotopic (exact) mass is 509 g/mol. The third-order valence-electron chi connectivity index (χ3n) is 5.83. The molecule has 1 saturated carbocycles. The van der Waals surface area contributed by atoms with Crippen LogP contribution in [0.2, 0.25) is 5.02 Å². The molecule has 0 aliphatic heterocycles. The van der Waals surface area contributed by atoms with Gasteiger partial charge in [0.05, 0.1) is 17.8 Å². The second kappa shape index (κ2) is 8.47. The van der Waals surface area contributed by atoms with Gasteiger partial charge >= 0.3 is 10.3 Å². The van der Waals surface area contributed by atoms with E-state index in [1.165, 1.54) is 0 Å². The zero-order valence-electron chi connectivity index (χ0n) is 17.0.